The number of nitrogens with two attached hydrogens (primary N) is 1. The molecular weight excluding hydrogens is 260 g/mol. The molecule has 110 valence electrons. The molecule has 0 saturated heterocycles. The summed E-state index contributed by atoms with van der Waals surface area (Å²) in [7, 11) is 0. The van der Waals surface area contributed by atoms with Crippen LogP contribution in [0.5, 0.6) is 0 Å². The van der Waals surface area contributed by atoms with Crippen LogP contribution in [0.1, 0.15) is 31.0 Å². The van der Waals surface area contributed by atoms with Crippen LogP contribution in [0.15, 0.2) is 54.6 Å². The van der Waals surface area contributed by atoms with Crippen LogP contribution in [0, 0.1) is 5.92 Å². The van der Waals surface area contributed by atoms with Crippen LogP contribution in [-0.4, -0.2) is 5.91 Å². The monoisotopic (exact) mass is 282 g/mol. The molecule has 0 radical (unpaired) electrons. The molecule has 1 amide bonds. The number of nitrogen functional groups attached to an aromatic ring is 1. The Hall–Kier alpha value is -2.29. The first kappa shape index (κ1) is 15.1. The predicted molar refractivity (Wildman–Crippen MR) is 86.7 cm³/mol. The number of rotatable bonds is 5. The third-order valence-electron chi connectivity index (χ3n) is 3.60. The third-order valence-corrected chi connectivity index (χ3v) is 3.60. The summed E-state index contributed by atoms with van der Waals surface area (Å²) in [4.78, 5) is 12.3. The Morgan fingerprint density at radius 2 is 1.81 bits per heavy atom. The topological polar surface area (TPSA) is 55.1 Å². The number of carbonyl (C=O) groups is 1. The van der Waals surface area contributed by atoms with Gasteiger partial charge in [-0.3, -0.25) is 4.79 Å². The van der Waals surface area contributed by atoms with Gasteiger partial charge in [-0.1, -0.05) is 49.4 Å². The van der Waals surface area contributed by atoms with Crippen molar-refractivity contribution in [2.45, 2.75) is 26.3 Å². The molecule has 2 rings (SSSR count). The van der Waals surface area contributed by atoms with Gasteiger partial charge in [-0.15, -0.1) is 0 Å². The Balaban J connectivity index is 1.94. The number of carbonyl (C=O) groups excluding carboxylic acids is 1. The van der Waals surface area contributed by atoms with Crippen LogP contribution in [0.25, 0.3) is 0 Å². The molecule has 3 nitrogen and oxygen atoms in total. The zero-order valence-corrected chi connectivity index (χ0v) is 12.5. The average Bonchev–Trinajstić information content (AvgIpc) is 2.48. The molecule has 0 fully saturated rings. The smallest absolute Gasteiger partial charge is 0.223 e. The zero-order valence-electron chi connectivity index (χ0n) is 12.5. The highest BCUT2D eigenvalue weighted by atomic mass is 16.1. The SMILES string of the molecule is CC(Cc1cccc(N)c1)C(=O)NC(C)c1ccccc1. The van der Waals surface area contributed by atoms with E-state index in [9.17, 15) is 4.79 Å². The molecule has 0 aromatic heterocycles. The Kier molecular flexibility index (Phi) is 4.99. The fourth-order valence-corrected chi connectivity index (χ4v) is 2.35. The van der Waals surface area contributed by atoms with Gasteiger partial charge in [-0.25, -0.2) is 0 Å². The van der Waals surface area contributed by atoms with E-state index >= 15 is 0 Å². The van der Waals surface area contributed by atoms with Crippen LogP contribution in [0.2, 0.25) is 0 Å². The lowest BCUT2D eigenvalue weighted by atomic mass is 9.99. The van der Waals surface area contributed by atoms with Gasteiger partial charge in [0.05, 0.1) is 6.04 Å². The summed E-state index contributed by atoms with van der Waals surface area (Å²) < 4.78 is 0. The maximum Gasteiger partial charge on any atom is 0.223 e. The van der Waals surface area contributed by atoms with Gasteiger partial charge < -0.3 is 11.1 Å². The Bertz CT molecular complexity index is 595. The Morgan fingerprint density at radius 1 is 1.10 bits per heavy atom. The second-order valence-corrected chi connectivity index (χ2v) is 5.49. The molecule has 0 aliphatic carbocycles. The number of hydrogen-bond donors (Lipinski definition) is 2. The van der Waals surface area contributed by atoms with Gasteiger partial charge in [0, 0.05) is 11.6 Å². The van der Waals surface area contributed by atoms with Gasteiger partial charge >= 0.3 is 0 Å². The summed E-state index contributed by atoms with van der Waals surface area (Å²) in [5.74, 6) is -0.0215. The van der Waals surface area contributed by atoms with E-state index in [1.54, 1.807) is 0 Å². The highest BCUT2D eigenvalue weighted by molar-refractivity contribution is 5.79. The van der Waals surface area contributed by atoms with Crippen LogP contribution < -0.4 is 11.1 Å². The van der Waals surface area contributed by atoms with Gasteiger partial charge in [0.15, 0.2) is 0 Å². The maximum atomic E-state index is 12.3. The lowest BCUT2D eigenvalue weighted by molar-refractivity contribution is -0.125. The summed E-state index contributed by atoms with van der Waals surface area (Å²) in [5.41, 5.74) is 8.70. The molecule has 2 atom stereocenters. The van der Waals surface area contributed by atoms with Gasteiger partial charge in [0.25, 0.3) is 0 Å². The van der Waals surface area contributed by atoms with Gasteiger partial charge in [-0.2, -0.15) is 0 Å². The number of anilines is 1. The number of nitrogens with one attached hydrogen (secondary N) is 1. The Labute approximate surface area is 126 Å². The molecule has 0 spiro atoms. The molecule has 0 bridgehead atoms. The Morgan fingerprint density at radius 3 is 2.48 bits per heavy atom. The van der Waals surface area contributed by atoms with Crippen LogP contribution in [0.4, 0.5) is 5.69 Å². The van der Waals surface area contributed by atoms with Gasteiger partial charge in [-0.05, 0) is 36.6 Å². The third kappa shape index (κ3) is 4.35. The molecule has 2 unspecified atom stereocenters. The minimum atomic E-state index is -0.0852. The maximum absolute atomic E-state index is 12.3. The average molecular weight is 282 g/mol. The lowest BCUT2D eigenvalue weighted by Crippen LogP contribution is -2.32. The van der Waals surface area contributed by atoms with Crippen molar-refractivity contribution in [1.29, 1.82) is 0 Å². The van der Waals surface area contributed by atoms with Crippen molar-refractivity contribution in [3.63, 3.8) is 0 Å². The first-order valence-electron chi connectivity index (χ1n) is 7.26. The van der Waals surface area contributed by atoms with Crippen molar-refractivity contribution >= 4 is 11.6 Å². The van der Waals surface area contributed by atoms with E-state index in [-0.39, 0.29) is 17.9 Å². The van der Waals surface area contributed by atoms with E-state index < -0.39 is 0 Å². The molecule has 21 heavy (non-hydrogen) atoms. The van der Waals surface area contributed by atoms with Crippen molar-refractivity contribution in [3.05, 3.63) is 65.7 Å². The van der Waals surface area contributed by atoms with E-state index in [0.717, 1.165) is 16.8 Å². The predicted octanol–water partition coefficient (Wildman–Crippen LogP) is 3.32. The molecule has 0 aliphatic rings. The fourth-order valence-electron chi connectivity index (χ4n) is 2.35. The van der Waals surface area contributed by atoms with Crippen LogP contribution >= 0.6 is 0 Å². The van der Waals surface area contributed by atoms with E-state index in [0.29, 0.717) is 6.42 Å². The number of amides is 1. The normalized spacial score (nSPS) is 13.4. The summed E-state index contributed by atoms with van der Waals surface area (Å²) in [5, 5.41) is 3.06. The molecule has 0 saturated carbocycles. The van der Waals surface area contributed by atoms with Crippen LogP contribution in [-0.2, 0) is 11.2 Å². The van der Waals surface area contributed by atoms with E-state index in [2.05, 4.69) is 5.32 Å². The van der Waals surface area contributed by atoms with E-state index in [1.807, 2.05) is 68.4 Å². The summed E-state index contributed by atoms with van der Waals surface area (Å²) in [6.45, 7) is 3.94. The van der Waals surface area contributed by atoms with E-state index in [1.165, 1.54) is 0 Å². The van der Waals surface area contributed by atoms with Crippen LogP contribution in [0.3, 0.4) is 0 Å². The minimum absolute atomic E-state index is 0.0157. The van der Waals surface area contributed by atoms with Gasteiger partial charge in [0.2, 0.25) is 5.91 Å². The molecule has 0 aliphatic heterocycles. The first-order valence-corrected chi connectivity index (χ1v) is 7.26. The van der Waals surface area contributed by atoms with Crippen molar-refractivity contribution in [2.24, 2.45) is 5.92 Å². The minimum Gasteiger partial charge on any atom is -0.399 e. The highest BCUT2D eigenvalue weighted by Crippen LogP contribution is 2.15. The number of hydrogen-bond acceptors (Lipinski definition) is 2. The second-order valence-electron chi connectivity index (χ2n) is 5.49. The summed E-state index contributed by atoms with van der Waals surface area (Å²) >= 11 is 0. The summed E-state index contributed by atoms with van der Waals surface area (Å²) in [6, 6.07) is 17.7. The molecular formula is C18H22N2O. The standard InChI is InChI=1S/C18H22N2O/c1-13(11-15-7-6-10-17(19)12-15)18(21)20-14(2)16-8-4-3-5-9-16/h3-10,12-14H,11,19H2,1-2H3,(H,20,21). The fraction of sp³-hybridized carbons (Fsp3) is 0.278. The summed E-state index contributed by atoms with van der Waals surface area (Å²) in [6.07, 6.45) is 0.693. The molecule has 2 aromatic rings. The lowest BCUT2D eigenvalue weighted by Gasteiger charge is -2.18. The first-order chi connectivity index (χ1) is 10.1. The zero-order chi connectivity index (χ0) is 15.2. The second kappa shape index (κ2) is 6.93. The van der Waals surface area contributed by atoms with Crippen molar-refractivity contribution in [1.82, 2.24) is 5.32 Å². The van der Waals surface area contributed by atoms with Gasteiger partial charge in [0.1, 0.15) is 0 Å². The largest absolute Gasteiger partial charge is 0.399 e. The molecule has 0 heterocycles. The molecule has 3 N–H and O–H groups in total. The van der Waals surface area contributed by atoms with Crippen molar-refractivity contribution in [2.75, 3.05) is 5.73 Å². The van der Waals surface area contributed by atoms with Crippen molar-refractivity contribution in [3.8, 4) is 0 Å². The van der Waals surface area contributed by atoms with E-state index in [4.69, 9.17) is 5.73 Å². The number of benzene rings is 2. The molecule has 2 aromatic carbocycles. The van der Waals surface area contributed by atoms with Crippen molar-refractivity contribution < 1.29 is 4.79 Å². The molecule has 3 heteroatoms. The quantitative estimate of drug-likeness (QED) is 0.826. The highest BCUT2D eigenvalue weighted by Gasteiger charge is 2.16.